The Kier molecular flexibility index (Phi) is 7.05. The van der Waals surface area contributed by atoms with Gasteiger partial charge in [-0.3, -0.25) is 0 Å². The quantitative estimate of drug-likeness (QED) is 0.591. The molecule has 1 saturated heterocycles. The van der Waals surface area contributed by atoms with Gasteiger partial charge in [-0.05, 0) is 68.4 Å². The zero-order valence-corrected chi connectivity index (χ0v) is 15.1. The van der Waals surface area contributed by atoms with Crippen LogP contribution in [0.4, 0.5) is 0 Å². The SMILES string of the molecule is CC(C)CC1CCC(CCCN2CCC(C(C)C)C2)CC1. The number of nitrogens with zero attached hydrogens (tertiary/aromatic N) is 1. The molecule has 0 aromatic rings. The molecule has 0 aromatic heterocycles. The van der Waals surface area contributed by atoms with Crippen molar-refractivity contribution in [2.45, 2.75) is 79.1 Å². The van der Waals surface area contributed by atoms with E-state index in [1.54, 1.807) is 0 Å². The van der Waals surface area contributed by atoms with Crippen molar-refractivity contribution in [1.82, 2.24) is 4.90 Å². The first-order valence-corrected chi connectivity index (χ1v) is 9.77. The third kappa shape index (κ3) is 5.93. The summed E-state index contributed by atoms with van der Waals surface area (Å²) in [5, 5.41) is 0. The predicted octanol–water partition coefficient (Wildman–Crippen LogP) is 5.60. The molecule has 2 fully saturated rings. The molecule has 1 saturated carbocycles. The first-order chi connectivity index (χ1) is 10.0. The number of hydrogen-bond acceptors (Lipinski definition) is 1. The zero-order valence-electron chi connectivity index (χ0n) is 15.1. The van der Waals surface area contributed by atoms with Crippen molar-refractivity contribution in [3.8, 4) is 0 Å². The topological polar surface area (TPSA) is 3.24 Å². The zero-order chi connectivity index (χ0) is 15.2. The standard InChI is InChI=1S/C20H39N/c1-16(2)14-19-9-7-18(8-10-19)6-5-12-21-13-11-20(15-21)17(3)4/h16-20H,5-15H2,1-4H3. The van der Waals surface area contributed by atoms with Gasteiger partial charge >= 0.3 is 0 Å². The minimum Gasteiger partial charge on any atom is -0.303 e. The molecule has 1 unspecified atom stereocenters. The van der Waals surface area contributed by atoms with Gasteiger partial charge in [-0.1, -0.05) is 53.4 Å². The lowest BCUT2D eigenvalue weighted by molar-refractivity contribution is 0.222. The fraction of sp³-hybridized carbons (Fsp3) is 1.00. The van der Waals surface area contributed by atoms with Crippen LogP contribution >= 0.6 is 0 Å². The number of hydrogen-bond donors (Lipinski definition) is 0. The van der Waals surface area contributed by atoms with Crippen LogP contribution < -0.4 is 0 Å². The van der Waals surface area contributed by atoms with E-state index in [4.69, 9.17) is 0 Å². The van der Waals surface area contributed by atoms with Crippen LogP contribution in [-0.2, 0) is 0 Å². The molecule has 0 spiro atoms. The lowest BCUT2D eigenvalue weighted by Crippen LogP contribution is -2.24. The highest BCUT2D eigenvalue weighted by atomic mass is 15.1. The highest BCUT2D eigenvalue weighted by Crippen LogP contribution is 2.35. The van der Waals surface area contributed by atoms with E-state index in [0.29, 0.717) is 0 Å². The second-order valence-corrected chi connectivity index (χ2v) is 8.75. The Morgan fingerprint density at radius 3 is 2.14 bits per heavy atom. The molecular weight excluding hydrogens is 254 g/mol. The van der Waals surface area contributed by atoms with Crippen molar-refractivity contribution in [2.24, 2.45) is 29.6 Å². The molecule has 0 aromatic carbocycles. The molecule has 2 aliphatic rings. The Morgan fingerprint density at radius 2 is 1.57 bits per heavy atom. The first-order valence-electron chi connectivity index (χ1n) is 9.77. The van der Waals surface area contributed by atoms with Crippen LogP contribution in [-0.4, -0.2) is 24.5 Å². The molecule has 2 rings (SSSR count). The van der Waals surface area contributed by atoms with Crippen LogP contribution in [0.15, 0.2) is 0 Å². The third-order valence-electron chi connectivity index (χ3n) is 6.11. The van der Waals surface area contributed by atoms with Crippen molar-refractivity contribution in [3.05, 3.63) is 0 Å². The van der Waals surface area contributed by atoms with Gasteiger partial charge in [0.2, 0.25) is 0 Å². The smallest absolute Gasteiger partial charge is 0.00126 e. The summed E-state index contributed by atoms with van der Waals surface area (Å²) in [5.74, 6) is 4.85. The summed E-state index contributed by atoms with van der Waals surface area (Å²) in [7, 11) is 0. The summed E-state index contributed by atoms with van der Waals surface area (Å²) in [6.45, 7) is 13.7. The van der Waals surface area contributed by atoms with Gasteiger partial charge in [0.05, 0.1) is 0 Å². The lowest BCUT2D eigenvalue weighted by Gasteiger charge is -2.30. The number of likely N-dealkylation sites (tertiary alicyclic amines) is 1. The van der Waals surface area contributed by atoms with Gasteiger partial charge in [0.15, 0.2) is 0 Å². The van der Waals surface area contributed by atoms with E-state index < -0.39 is 0 Å². The van der Waals surface area contributed by atoms with Crippen molar-refractivity contribution in [3.63, 3.8) is 0 Å². The highest BCUT2D eigenvalue weighted by molar-refractivity contribution is 4.78. The van der Waals surface area contributed by atoms with Gasteiger partial charge in [-0.25, -0.2) is 0 Å². The fourth-order valence-corrected chi connectivity index (χ4v) is 4.64. The van der Waals surface area contributed by atoms with Gasteiger partial charge in [0.25, 0.3) is 0 Å². The Morgan fingerprint density at radius 1 is 0.905 bits per heavy atom. The summed E-state index contributed by atoms with van der Waals surface area (Å²) >= 11 is 0. The van der Waals surface area contributed by atoms with E-state index in [0.717, 1.165) is 29.6 Å². The van der Waals surface area contributed by atoms with Gasteiger partial charge in [-0.15, -0.1) is 0 Å². The van der Waals surface area contributed by atoms with E-state index >= 15 is 0 Å². The van der Waals surface area contributed by atoms with E-state index in [9.17, 15) is 0 Å². The maximum Gasteiger partial charge on any atom is 0.00126 e. The Bertz CT molecular complexity index is 276. The Balaban J connectivity index is 1.54. The molecule has 0 radical (unpaired) electrons. The lowest BCUT2D eigenvalue weighted by atomic mass is 9.77. The van der Waals surface area contributed by atoms with Crippen molar-refractivity contribution < 1.29 is 0 Å². The van der Waals surface area contributed by atoms with Gasteiger partial charge in [0, 0.05) is 6.54 Å². The van der Waals surface area contributed by atoms with Crippen molar-refractivity contribution in [1.29, 1.82) is 0 Å². The summed E-state index contributed by atoms with van der Waals surface area (Å²) in [6.07, 6.45) is 11.9. The predicted molar refractivity (Wildman–Crippen MR) is 93.5 cm³/mol. The van der Waals surface area contributed by atoms with Gasteiger partial charge in [-0.2, -0.15) is 0 Å². The second-order valence-electron chi connectivity index (χ2n) is 8.75. The van der Waals surface area contributed by atoms with Crippen LogP contribution in [0.25, 0.3) is 0 Å². The van der Waals surface area contributed by atoms with Gasteiger partial charge < -0.3 is 4.90 Å². The van der Waals surface area contributed by atoms with Crippen molar-refractivity contribution in [2.75, 3.05) is 19.6 Å². The summed E-state index contributed by atoms with van der Waals surface area (Å²) < 4.78 is 0. The Labute approximate surface area is 133 Å². The monoisotopic (exact) mass is 293 g/mol. The van der Waals surface area contributed by atoms with E-state index in [-0.39, 0.29) is 0 Å². The molecule has 1 aliphatic carbocycles. The Hall–Kier alpha value is -0.0400. The van der Waals surface area contributed by atoms with Crippen LogP contribution in [0.1, 0.15) is 79.1 Å². The third-order valence-corrected chi connectivity index (χ3v) is 6.11. The summed E-state index contributed by atoms with van der Waals surface area (Å²) in [6, 6.07) is 0. The minimum absolute atomic E-state index is 0.881. The summed E-state index contributed by atoms with van der Waals surface area (Å²) in [5.41, 5.74) is 0. The van der Waals surface area contributed by atoms with Crippen molar-refractivity contribution >= 4 is 0 Å². The molecule has 1 atom stereocenters. The van der Waals surface area contributed by atoms with Gasteiger partial charge in [0.1, 0.15) is 0 Å². The summed E-state index contributed by atoms with van der Waals surface area (Å²) in [4.78, 5) is 2.73. The molecule has 1 aliphatic heterocycles. The maximum absolute atomic E-state index is 2.73. The average Bonchev–Trinajstić information content (AvgIpc) is 2.89. The molecule has 124 valence electrons. The van der Waals surface area contributed by atoms with E-state index in [2.05, 4.69) is 32.6 Å². The van der Waals surface area contributed by atoms with Crippen LogP contribution in [0, 0.1) is 29.6 Å². The van der Waals surface area contributed by atoms with E-state index in [1.807, 2.05) is 0 Å². The molecular formula is C20H39N. The average molecular weight is 294 g/mol. The molecule has 0 bridgehead atoms. The normalized spacial score (nSPS) is 31.4. The van der Waals surface area contributed by atoms with Crippen LogP contribution in [0.2, 0.25) is 0 Å². The molecule has 0 N–H and O–H groups in total. The largest absolute Gasteiger partial charge is 0.303 e. The second kappa shape index (κ2) is 8.56. The molecule has 1 heterocycles. The first kappa shape index (κ1) is 17.3. The molecule has 21 heavy (non-hydrogen) atoms. The maximum atomic E-state index is 2.73. The molecule has 1 heteroatoms. The van der Waals surface area contributed by atoms with Crippen LogP contribution in [0.5, 0.6) is 0 Å². The highest BCUT2D eigenvalue weighted by Gasteiger charge is 2.25. The number of rotatable bonds is 7. The minimum atomic E-state index is 0.881. The van der Waals surface area contributed by atoms with E-state index in [1.165, 1.54) is 71.0 Å². The fourth-order valence-electron chi connectivity index (χ4n) is 4.64. The molecule has 0 amide bonds. The van der Waals surface area contributed by atoms with Crippen LogP contribution in [0.3, 0.4) is 0 Å². The molecule has 1 nitrogen and oxygen atoms in total.